The third-order valence-electron chi connectivity index (χ3n) is 3.84. The molecule has 0 aliphatic carbocycles. The number of rotatable bonds is 8. The van der Waals surface area contributed by atoms with Crippen LogP contribution in [0.4, 0.5) is 11.9 Å². The smallest absolute Gasteiger partial charge is 0.258 e. The van der Waals surface area contributed by atoms with E-state index in [2.05, 4.69) is 49.1 Å². The summed E-state index contributed by atoms with van der Waals surface area (Å²) in [6.07, 6.45) is 1.62. The minimum absolute atomic E-state index is 0.432. The van der Waals surface area contributed by atoms with Crippen molar-refractivity contribution in [3.63, 3.8) is 0 Å². The van der Waals surface area contributed by atoms with Crippen LogP contribution in [0.3, 0.4) is 0 Å². The normalized spacial score (nSPS) is 10.8. The van der Waals surface area contributed by atoms with Crippen LogP contribution in [0.2, 0.25) is 5.02 Å². The lowest BCUT2D eigenvalue weighted by atomic mass is 10.2. The third kappa shape index (κ3) is 4.86. The molecular weight excluding hydrogens is 384 g/mol. The molecule has 0 bridgehead atoms. The summed E-state index contributed by atoms with van der Waals surface area (Å²) in [5, 5.41) is 8.84. The Kier molecular flexibility index (Phi) is 6.46. The molecule has 27 heavy (non-hydrogen) atoms. The predicted octanol–water partition coefficient (Wildman–Crippen LogP) is 3.29. The van der Waals surface area contributed by atoms with Gasteiger partial charge in [0, 0.05) is 30.9 Å². The van der Waals surface area contributed by atoms with Crippen LogP contribution in [0, 0.1) is 0 Å². The Morgan fingerprint density at radius 1 is 1.11 bits per heavy atom. The zero-order valence-corrected chi connectivity index (χ0v) is 17.0. The highest BCUT2D eigenvalue weighted by atomic mass is 35.5. The van der Waals surface area contributed by atoms with Crippen molar-refractivity contribution in [1.82, 2.24) is 29.7 Å². The molecule has 8 nitrogen and oxygen atoms in total. The Bertz CT molecular complexity index is 879. The zero-order valence-electron chi connectivity index (χ0n) is 15.4. The van der Waals surface area contributed by atoms with Gasteiger partial charge in [-0.15, -0.1) is 5.10 Å². The summed E-state index contributed by atoms with van der Waals surface area (Å²) in [4.78, 5) is 19.8. The fraction of sp³-hybridized carbons (Fsp3) is 0.353. The lowest BCUT2D eigenvalue weighted by Crippen LogP contribution is -2.25. The van der Waals surface area contributed by atoms with Crippen molar-refractivity contribution in [2.75, 3.05) is 30.4 Å². The summed E-state index contributed by atoms with van der Waals surface area (Å²) in [5.74, 6) is 2.29. The molecule has 0 saturated heterocycles. The van der Waals surface area contributed by atoms with Gasteiger partial charge >= 0.3 is 0 Å². The van der Waals surface area contributed by atoms with E-state index in [1.807, 2.05) is 24.3 Å². The standard InChI is InChI=1S/C17H21ClN8S/c1-4-25(5-2)15-21-14(19-3)22-16(23-15)26-11-20-17(24-26)27-10-12-6-8-13(18)9-7-12/h6-9,11H,4-5,10H2,1-3H3,(H,19,21,22,23). The third-order valence-corrected chi connectivity index (χ3v) is 5.01. The Morgan fingerprint density at radius 3 is 2.52 bits per heavy atom. The van der Waals surface area contributed by atoms with Gasteiger partial charge in [0.25, 0.3) is 5.95 Å². The van der Waals surface area contributed by atoms with Crippen LogP contribution in [0.25, 0.3) is 5.95 Å². The van der Waals surface area contributed by atoms with Crippen LogP contribution < -0.4 is 10.2 Å². The molecule has 1 N–H and O–H groups in total. The average molecular weight is 405 g/mol. The van der Waals surface area contributed by atoms with Crippen LogP contribution in [0.1, 0.15) is 19.4 Å². The lowest BCUT2D eigenvalue weighted by molar-refractivity contribution is 0.748. The van der Waals surface area contributed by atoms with Crippen LogP contribution in [-0.4, -0.2) is 49.9 Å². The Labute approximate surface area is 167 Å². The maximum atomic E-state index is 5.92. The highest BCUT2D eigenvalue weighted by Gasteiger charge is 2.13. The molecule has 0 saturated carbocycles. The van der Waals surface area contributed by atoms with Crippen molar-refractivity contribution < 1.29 is 0 Å². The minimum Gasteiger partial charge on any atom is -0.357 e. The molecule has 3 rings (SSSR count). The van der Waals surface area contributed by atoms with E-state index in [-0.39, 0.29) is 0 Å². The molecular formula is C17H21ClN8S. The first-order valence-corrected chi connectivity index (χ1v) is 9.97. The van der Waals surface area contributed by atoms with Crippen molar-refractivity contribution in [3.05, 3.63) is 41.2 Å². The summed E-state index contributed by atoms with van der Waals surface area (Å²) in [6, 6.07) is 7.74. The van der Waals surface area contributed by atoms with Crippen LogP contribution >= 0.6 is 23.4 Å². The van der Waals surface area contributed by atoms with Gasteiger partial charge in [-0.2, -0.15) is 19.6 Å². The largest absolute Gasteiger partial charge is 0.357 e. The van der Waals surface area contributed by atoms with Gasteiger partial charge in [0.05, 0.1) is 0 Å². The van der Waals surface area contributed by atoms with E-state index >= 15 is 0 Å². The molecule has 0 spiro atoms. The second-order valence-corrected chi connectivity index (χ2v) is 6.95. The first kappa shape index (κ1) is 19.4. The van der Waals surface area contributed by atoms with Crippen molar-refractivity contribution in [2.45, 2.75) is 24.8 Å². The summed E-state index contributed by atoms with van der Waals surface area (Å²) in [7, 11) is 1.78. The highest BCUT2D eigenvalue weighted by molar-refractivity contribution is 7.98. The van der Waals surface area contributed by atoms with E-state index < -0.39 is 0 Å². The molecule has 0 fully saturated rings. The van der Waals surface area contributed by atoms with Crippen molar-refractivity contribution in [1.29, 1.82) is 0 Å². The number of hydrogen-bond acceptors (Lipinski definition) is 8. The van der Waals surface area contributed by atoms with E-state index in [1.165, 1.54) is 0 Å². The number of aromatic nitrogens is 6. The van der Waals surface area contributed by atoms with Crippen molar-refractivity contribution in [3.8, 4) is 5.95 Å². The number of anilines is 2. The first-order chi connectivity index (χ1) is 13.1. The number of nitrogens with one attached hydrogen (secondary N) is 1. The molecule has 0 radical (unpaired) electrons. The predicted molar refractivity (Wildman–Crippen MR) is 109 cm³/mol. The number of halogens is 1. The Morgan fingerprint density at radius 2 is 1.85 bits per heavy atom. The SMILES string of the molecule is CCN(CC)c1nc(NC)nc(-n2cnc(SCc3ccc(Cl)cc3)n2)n1. The maximum Gasteiger partial charge on any atom is 0.258 e. The molecule has 0 unspecified atom stereocenters. The number of hydrogen-bond donors (Lipinski definition) is 1. The van der Waals surface area contributed by atoms with Gasteiger partial charge in [-0.05, 0) is 31.5 Å². The molecule has 0 aliphatic heterocycles. The van der Waals surface area contributed by atoms with Gasteiger partial charge in [-0.3, -0.25) is 0 Å². The van der Waals surface area contributed by atoms with E-state index in [1.54, 1.807) is 29.8 Å². The second-order valence-electron chi connectivity index (χ2n) is 5.57. The van der Waals surface area contributed by atoms with E-state index in [0.29, 0.717) is 23.0 Å². The molecule has 0 amide bonds. The first-order valence-electron chi connectivity index (χ1n) is 8.61. The topological polar surface area (TPSA) is 84.7 Å². The van der Waals surface area contributed by atoms with Gasteiger partial charge in [0.2, 0.25) is 17.1 Å². The fourth-order valence-electron chi connectivity index (χ4n) is 2.35. The van der Waals surface area contributed by atoms with Gasteiger partial charge in [-0.1, -0.05) is 35.5 Å². The zero-order chi connectivity index (χ0) is 19.2. The second kappa shape index (κ2) is 9.01. The summed E-state index contributed by atoms with van der Waals surface area (Å²) < 4.78 is 1.57. The van der Waals surface area contributed by atoms with E-state index in [9.17, 15) is 0 Å². The lowest BCUT2D eigenvalue weighted by Gasteiger charge is -2.19. The number of benzene rings is 1. The molecule has 3 aromatic rings. The molecule has 1 aromatic carbocycles. The average Bonchev–Trinajstić information content (AvgIpc) is 3.17. The number of thioether (sulfide) groups is 1. The molecule has 0 aliphatic rings. The fourth-order valence-corrected chi connectivity index (χ4v) is 3.24. The molecule has 0 atom stereocenters. The van der Waals surface area contributed by atoms with Crippen LogP contribution in [0.15, 0.2) is 35.7 Å². The minimum atomic E-state index is 0.432. The highest BCUT2D eigenvalue weighted by Crippen LogP contribution is 2.21. The van der Waals surface area contributed by atoms with Gasteiger partial charge in [0.15, 0.2) is 0 Å². The van der Waals surface area contributed by atoms with Gasteiger partial charge < -0.3 is 10.2 Å². The van der Waals surface area contributed by atoms with Gasteiger partial charge in [-0.25, -0.2) is 4.98 Å². The molecule has 10 heteroatoms. The monoisotopic (exact) mass is 404 g/mol. The summed E-state index contributed by atoms with van der Waals surface area (Å²) >= 11 is 7.46. The summed E-state index contributed by atoms with van der Waals surface area (Å²) in [5.41, 5.74) is 1.15. The Balaban J connectivity index is 1.78. The quantitative estimate of drug-likeness (QED) is 0.572. The van der Waals surface area contributed by atoms with E-state index in [0.717, 1.165) is 29.4 Å². The Hall–Kier alpha value is -2.39. The number of nitrogens with zero attached hydrogens (tertiary/aromatic N) is 7. The van der Waals surface area contributed by atoms with Crippen LogP contribution in [-0.2, 0) is 5.75 Å². The molecule has 2 heterocycles. The maximum absolute atomic E-state index is 5.92. The van der Waals surface area contributed by atoms with Crippen molar-refractivity contribution in [2.24, 2.45) is 0 Å². The van der Waals surface area contributed by atoms with Gasteiger partial charge in [0.1, 0.15) is 6.33 Å². The van der Waals surface area contributed by atoms with Crippen LogP contribution in [0.5, 0.6) is 0 Å². The van der Waals surface area contributed by atoms with E-state index in [4.69, 9.17) is 11.6 Å². The molecule has 142 valence electrons. The summed E-state index contributed by atoms with van der Waals surface area (Å²) in [6.45, 7) is 5.74. The van der Waals surface area contributed by atoms with Crippen molar-refractivity contribution >= 4 is 35.3 Å². The molecule has 2 aromatic heterocycles.